The van der Waals surface area contributed by atoms with Gasteiger partial charge in [0.15, 0.2) is 11.4 Å². The second kappa shape index (κ2) is 11.8. The number of aliphatic hydroxyl groups is 3. The van der Waals surface area contributed by atoms with Crippen LogP contribution in [0.1, 0.15) is 74.9 Å². The van der Waals surface area contributed by atoms with Crippen LogP contribution in [0.25, 0.3) is 0 Å². The van der Waals surface area contributed by atoms with E-state index in [0.717, 1.165) is 9.80 Å². The number of aliphatic hydroxyl groups excluding tert-OH is 2. The Morgan fingerprint density at radius 1 is 0.815 bits per heavy atom. The number of phenols is 1. The lowest BCUT2D eigenvalue weighted by atomic mass is 9.58. The molecule has 6 N–H and O–H groups in total. The first kappa shape index (κ1) is 34.6. The maximum absolute atomic E-state index is 14.6. The molecule has 15 nitrogen and oxygen atoms in total. The van der Waals surface area contributed by atoms with Gasteiger partial charge in [-0.2, -0.15) is 0 Å². The topological polar surface area (TPSA) is 236 Å². The SMILES string of the molecule is CN(C)[C@@H]1C(O)=C(C(N)=O)C(=O)[C@@]2(O)C(O)=C3C(=O)c4c(O)c(CN5C(=O)c6ccccc6C5=O)cc(CN5C(=O)c6ccccc6C5=O)c4C[C@H]3C[C@@H]12. The summed E-state index contributed by atoms with van der Waals surface area (Å²) in [6.45, 7) is -0.907. The van der Waals surface area contributed by atoms with Crippen molar-refractivity contribution in [1.82, 2.24) is 14.7 Å². The van der Waals surface area contributed by atoms with Crippen LogP contribution in [0.4, 0.5) is 0 Å². The van der Waals surface area contributed by atoms with Crippen LogP contribution >= 0.6 is 0 Å². The summed E-state index contributed by atoms with van der Waals surface area (Å²) in [7, 11) is 3.03. The molecule has 0 bridgehead atoms. The summed E-state index contributed by atoms with van der Waals surface area (Å²) < 4.78 is 0. The predicted molar refractivity (Wildman–Crippen MR) is 185 cm³/mol. The highest BCUT2D eigenvalue weighted by atomic mass is 16.3. The number of carbonyl (C=O) groups excluding carboxylic acids is 7. The molecule has 0 aromatic heterocycles. The third kappa shape index (κ3) is 4.51. The van der Waals surface area contributed by atoms with E-state index in [0.29, 0.717) is 0 Å². The van der Waals surface area contributed by atoms with Crippen LogP contribution in [0.3, 0.4) is 0 Å². The van der Waals surface area contributed by atoms with E-state index in [1.807, 2.05) is 0 Å². The van der Waals surface area contributed by atoms with Crippen molar-refractivity contribution in [3.05, 3.63) is 122 Å². The van der Waals surface area contributed by atoms with Gasteiger partial charge in [0, 0.05) is 17.1 Å². The molecule has 0 fully saturated rings. The van der Waals surface area contributed by atoms with Crippen LogP contribution < -0.4 is 5.73 Å². The first-order valence-corrected chi connectivity index (χ1v) is 17.0. The Bertz CT molecular complexity index is 2340. The number of primary amides is 1. The van der Waals surface area contributed by atoms with E-state index in [4.69, 9.17) is 5.73 Å². The molecule has 0 spiro atoms. The maximum atomic E-state index is 14.6. The molecule has 3 aromatic rings. The standard InChI is InChI=1S/C39H32N4O11/c1-41(2)28-24-13-16-12-23-17(14-42-35(50)19-7-3-4-8-20(19)36(42)51)11-18(15-43-37(52)21-9-5-6-10-22(21)38(43)53)29(44)26(23)30(45)25(16)32(47)39(24,54)33(48)27(31(28)46)34(40)49/h3-11,16,24,28,44,46-47,54H,12-15H2,1-2H3,(H2,40,49)/t16-,24-,28-,39-/m0/s1. The highest BCUT2D eigenvalue weighted by molar-refractivity contribution is 6.25. The van der Waals surface area contributed by atoms with Crippen LogP contribution in [0.2, 0.25) is 0 Å². The molecule has 0 saturated heterocycles. The fraction of sp³-hybridized carbons (Fsp3) is 0.256. The second-order valence-electron chi connectivity index (χ2n) is 14.3. The average molecular weight is 733 g/mol. The Labute approximate surface area is 306 Å². The Kier molecular flexibility index (Phi) is 7.55. The van der Waals surface area contributed by atoms with Crippen LogP contribution in [-0.2, 0) is 29.1 Å². The minimum atomic E-state index is -2.87. The lowest BCUT2D eigenvalue weighted by molar-refractivity contribution is -0.148. The number of aromatic hydroxyl groups is 1. The van der Waals surface area contributed by atoms with Crippen molar-refractivity contribution in [2.75, 3.05) is 14.1 Å². The molecular formula is C39H32N4O11. The van der Waals surface area contributed by atoms with Crippen LogP contribution in [0.5, 0.6) is 5.75 Å². The van der Waals surface area contributed by atoms with E-state index >= 15 is 0 Å². The van der Waals surface area contributed by atoms with Gasteiger partial charge in [0.2, 0.25) is 5.78 Å². The normalized spacial score (nSPS) is 24.6. The second-order valence-corrected chi connectivity index (χ2v) is 14.3. The predicted octanol–water partition coefficient (Wildman–Crippen LogP) is 1.71. The van der Waals surface area contributed by atoms with Crippen molar-refractivity contribution in [2.24, 2.45) is 17.6 Å². The monoisotopic (exact) mass is 732 g/mol. The van der Waals surface area contributed by atoms with Gasteiger partial charge in [-0.3, -0.25) is 48.3 Å². The zero-order valence-corrected chi connectivity index (χ0v) is 28.8. The molecular weight excluding hydrogens is 700 g/mol. The molecule has 2 heterocycles. The lowest BCUT2D eigenvalue weighted by Crippen LogP contribution is -2.63. The molecule has 274 valence electrons. The number of amides is 5. The van der Waals surface area contributed by atoms with Crippen molar-refractivity contribution >= 4 is 41.1 Å². The number of ketones is 2. The number of likely N-dealkylation sites (N-methyl/N-ethyl adjacent to an activating group) is 1. The molecule has 0 radical (unpaired) electrons. The number of fused-ring (bicyclic) bond motifs is 5. The van der Waals surface area contributed by atoms with E-state index < -0.39 is 105 Å². The third-order valence-corrected chi connectivity index (χ3v) is 11.3. The van der Waals surface area contributed by atoms with Crippen molar-refractivity contribution in [1.29, 1.82) is 0 Å². The van der Waals surface area contributed by atoms with Gasteiger partial charge in [0.25, 0.3) is 29.5 Å². The number of rotatable bonds is 6. The summed E-state index contributed by atoms with van der Waals surface area (Å²) in [5.74, 6) is -11.0. The summed E-state index contributed by atoms with van der Waals surface area (Å²) in [6, 6.07) is 12.6. The van der Waals surface area contributed by atoms with Gasteiger partial charge in [0.05, 0.1) is 46.9 Å². The van der Waals surface area contributed by atoms with Gasteiger partial charge >= 0.3 is 0 Å². The minimum absolute atomic E-state index is 0.0977. The number of nitrogens with zero attached hydrogens (tertiary/aromatic N) is 3. The average Bonchev–Trinajstić information content (AvgIpc) is 3.51. The van der Waals surface area contributed by atoms with Crippen LogP contribution in [-0.4, -0.2) is 102 Å². The number of hydrogen-bond donors (Lipinski definition) is 5. The van der Waals surface area contributed by atoms with Crippen molar-refractivity contribution in [3.63, 3.8) is 0 Å². The minimum Gasteiger partial charge on any atom is -0.510 e. The highest BCUT2D eigenvalue weighted by Gasteiger charge is 2.63. The highest BCUT2D eigenvalue weighted by Crippen LogP contribution is 2.53. The fourth-order valence-electron chi connectivity index (χ4n) is 8.83. The van der Waals surface area contributed by atoms with E-state index in [9.17, 15) is 54.0 Å². The molecule has 15 heteroatoms. The Hall–Kier alpha value is -6.45. The summed E-state index contributed by atoms with van der Waals surface area (Å²) in [4.78, 5) is 97.8. The maximum Gasteiger partial charge on any atom is 0.261 e. The van der Waals surface area contributed by atoms with Gasteiger partial charge in [-0.1, -0.05) is 24.3 Å². The Morgan fingerprint density at radius 2 is 1.30 bits per heavy atom. The number of Topliss-reactive ketones (excluding diaryl/α,β-unsaturated/α-hetero) is 2. The van der Waals surface area contributed by atoms with Crippen molar-refractivity contribution in [3.8, 4) is 5.75 Å². The quantitative estimate of drug-likeness (QED) is 0.180. The summed E-state index contributed by atoms with van der Waals surface area (Å²) in [6.07, 6.45) is -0.302. The number of benzene rings is 3. The third-order valence-electron chi connectivity index (χ3n) is 11.3. The molecule has 0 unspecified atom stereocenters. The molecule has 8 rings (SSSR count). The van der Waals surface area contributed by atoms with Crippen molar-refractivity contribution < 1.29 is 54.0 Å². The van der Waals surface area contributed by atoms with E-state index in [1.54, 1.807) is 24.3 Å². The molecule has 5 aliphatic rings. The Balaban J connectivity index is 1.28. The molecule has 54 heavy (non-hydrogen) atoms. The fourth-order valence-corrected chi connectivity index (χ4v) is 8.83. The largest absolute Gasteiger partial charge is 0.510 e. The molecule has 2 aliphatic heterocycles. The van der Waals surface area contributed by atoms with E-state index in [2.05, 4.69) is 0 Å². The Morgan fingerprint density at radius 3 is 1.76 bits per heavy atom. The molecule has 3 aromatic carbocycles. The molecule has 4 atom stereocenters. The smallest absolute Gasteiger partial charge is 0.261 e. The zero-order valence-electron chi connectivity index (χ0n) is 28.8. The van der Waals surface area contributed by atoms with Gasteiger partial charge in [0.1, 0.15) is 22.8 Å². The van der Waals surface area contributed by atoms with Crippen LogP contribution in [0, 0.1) is 11.8 Å². The number of carbonyl (C=O) groups is 7. The van der Waals surface area contributed by atoms with Gasteiger partial charge < -0.3 is 26.2 Å². The number of imide groups is 2. The summed E-state index contributed by atoms with van der Waals surface area (Å²) >= 11 is 0. The van der Waals surface area contributed by atoms with E-state index in [1.165, 1.54) is 49.3 Å². The number of phenolic OH excluding ortho intramolecular Hbond substituents is 1. The molecule has 3 aliphatic carbocycles. The van der Waals surface area contributed by atoms with Gasteiger partial charge in [-0.25, -0.2) is 0 Å². The lowest BCUT2D eigenvalue weighted by Gasteiger charge is -2.50. The van der Waals surface area contributed by atoms with E-state index in [-0.39, 0.29) is 58.3 Å². The summed E-state index contributed by atoms with van der Waals surface area (Å²) in [5, 5.41) is 46.7. The van der Waals surface area contributed by atoms with Gasteiger partial charge in [-0.05, 0) is 74.3 Å². The first-order valence-electron chi connectivity index (χ1n) is 17.0. The zero-order chi connectivity index (χ0) is 38.7. The summed E-state index contributed by atoms with van der Waals surface area (Å²) in [5.41, 5.74) is 1.71. The molecule has 5 amide bonds. The first-order chi connectivity index (χ1) is 25.6. The van der Waals surface area contributed by atoms with Gasteiger partial charge in [-0.15, -0.1) is 0 Å². The molecule has 0 saturated carbocycles. The number of allylic oxidation sites excluding steroid dienone is 1. The van der Waals surface area contributed by atoms with Crippen LogP contribution in [0.15, 0.2) is 77.3 Å². The van der Waals surface area contributed by atoms with Crippen molar-refractivity contribution in [2.45, 2.75) is 37.6 Å². The number of hydrogen-bond acceptors (Lipinski definition) is 12. The number of nitrogens with two attached hydrogens (primary N) is 1.